The van der Waals surface area contributed by atoms with E-state index in [-0.39, 0.29) is 23.7 Å². The van der Waals surface area contributed by atoms with Crippen LogP contribution in [-0.4, -0.2) is 27.8 Å². The lowest BCUT2D eigenvalue weighted by atomic mass is 10.0. The smallest absolute Gasteiger partial charge is 0.164 e. The van der Waals surface area contributed by atoms with Gasteiger partial charge >= 0.3 is 0 Å². The summed E-state index contributed by atoms with van der Waals surface area (Å²) in [6.07, 6.45) is -1.23. The van der Waals surface area contributed by atoms with Gasteiger partial charge in [-0.1, -0.05) is 16.7 Å². The molecule has 92 valence electrons. The number of aliphatic hydroxyl groups excluding tert-OH is 2. The summed E-state index contributed by atoms with van der Waals surface area (Å²) in [4.78, 5) is 6.02. The Morgan fingerprint density at radius 3 is 2.88 bits per heavy atom. The highest BCUT2D eigenvalue weighted by atomic mass is 35.5. The van der Waals surface area contributed by atoms with Gasteiger partial charge in [0, 0.05) is 23.2 Å². The molecule has 0 saturated carbocycles. The SMILES string of the molecule is [N-]=[N+]=NCCC(O)C(O)c1cnc(Cl)c(F)c1. The second-order valence-corrected chi connectivity index (χ2v) is 3.65. The Balaban J connectivity index is 2.70. The van der Waals surface area contributed by atoms with Crippen molar-refractivity contribution in [1.82, 2.24) is 4.98 Å². The van der Waals surface area contributed by atoms with Crippen molar-refractivity contribution < 1.29 is 14.6 Å². The topological polar surface area (TPSA) is 102 Å². The normalized spacial score (nSPS) is 13.9. The first-order chi connectivity index (χ1) is 8.06. The van der Waals surface area contributed by atoms with Crippen molar-refractivity contribution in [1.29, 1.82) is 0 Å². The minimum Gasteiger partial charge on any atom is -0.390 e. The molecule has 0 spiro atoms. The molecule has 0 aliphatic heterocycles. The molecule has 2 unspecified atom stereocenters. The average molecular weight is 261 g/mol. The van der Waals surface area contributed by atoms with E-state index in [0.717, 1.165) is 6.07 Å². The lowest BCUT2D eigenvalue weighted by Crippen LogP contribution is -2.19. The second-order valence-electron chi connectivity index (χ2n) is 3.30. The Kier molecular flexibility index (Phi) is 5.11. The van der Waals surface area contributed by atoms with E-state index in [1.54, 1.807) is 0 Å². The van der Waals surface area contributed by atoms with Gasteiger partial charge in [0.1, 0.15) is 6.10 Å². The number of aliphatic hydroxyl groups is 2. The number of halogens is 2. The molecule has 0 aliphatic rings. The molecule has 0 saturated heterocycles. The van der Waals surface area contributed by atoms with E-state index < -0.39 is 18.0 Å². The summed E-state index contributed by atoms with van der Waals surface area (Å²) in [5, 5.41) is 22.1. The Hall–Kier alpha value is -1.40. The number of pyridine rings is 1. The maximum atomic E-state index is 13.1. The molecule has 0 amide bonds. The number of hydrogen-bond donors (Lipinski definition) is 2. The van der Waals surface area contributed by atoms with Gasteiger partial charge in [-0.25, -0.2) is 9.37 Å². The second kappa shape index (κ2) is 6.36. The molecule has 2 atom stereocenters. The van der Waals surface area contributed by atoms with Crippen LogP contribution >= 0.6 is 11.6 Å². The van der Waals surface area contributed by atoms with E-state index in [0.29, 0.717) is 0 Å². The molecule has 0 aromatic carbocycles. The van der Waals surface area contributed by atoms with Gasteiger partial charge in [-0.2, -0.15) is 0 Å². The summed E-state index contributed by atoms with van der Waals surface area (Å²) in [6, 6.07) is 0.997. The number of nitrogens with zero attached hydrogens (tertiary/aromatic N) is 4. The monoisotopic (exact) mass is 260 g/mol. The maximum Gasteiger partial charge on any atom is 0.164 e. The van der Waals surface area contributed by atoms with E-state index in [9.17, 15) is 14.6 Å². The fourth-order valence-electron chi connectivity index (χ4n) is 1.21. The molecule has 0 fully saturated rings. The van der Waals surface area contributed by atoms with Crippen LogP contribution in [0.3, 0.4) is 0 Å². The molecule has 17 heavy (non-hydrogen) atoms. The van der Waals surface area contributed by atoms with Crippen LogP contribution in [0, 0.1) is 5.82 Å². The molecule has 0 bridgehead atoms. The number of aromatic nitrogens is 1. The predicted octanol–water partition coefficient (Wildman–Crippen LogP) is 1.97. The highest BCUT2D eigenvalue weighted by Gasteiger charge is 2.19. The lowest BCUT2D eigenvalue weighted by Gasteiger charge is -2.17. The van der Waals surface area contributed by atoms with Crippen molar-refractivity contribution in [2.24, 2.45) is 5.11 Å². The van der Waals surface area contributed by atoms with Gasteiger partial charge in [-0.05, 0) is 18.0 Å². The Labute approximate surface area is 101 Å². The summed E-state index contributed by atoms with van der Waals surface area (Å²) < 4.78 is 13.1. The van der Waals surface area contributed by atoms with Gasteiger partial charge in [-0.3, -0.25) is 0 Å². The largest absolute Gasteiger partial charge is 0.390 e. The summed E-state index contributed by atoms with van der Waals surface area (Å²) in [5.74, 6) is -0.773. The molecule has 6 nitrogen and oxygen atoms in total. The predicted molar refractivity (Wildman–Crippen MR) is 58.8 cm³/mol. The molecule has 8 heteroatoms. The Morgan fingerprint density at radius 2 is 2.29 bits per heavy atom. The van der Waals surface area contributed by atoms with E-state index in [1.807, 2.05) is 0 Å². The van der Waals surface area contributed by atoms with E-state index in [1.165, 1.54) is 6.20 Å². The first-order valence-electron chi connectivity index (χ1n) is 4.74. The van der Waals surface area contributed by atoms with E-state index >= 15 is 0 Å². The quantitative estimate of drug-likeness (QED) is 0.366. The van der Waals surface area contributed by atoms with Gasteiger partial charge < -0.3 is 10.2 Å². The Morgan fingerprint density at radius 1 is 1.59 bits per heavy atom. The zero-order chi connectivity index (χ0) is 12.8. The first kappa shape index (κ1) is 13.7. The highest BCUT2D eigenvalue weighted by Crippen LogP contribution is 2.21. The molecular weight excluding hydrogens is 251 g/mol. The number of rotatable bonds is 5. The zero-order valence-corrected chi connectivity index (χ0v) is 9.42. The number of azide groups is 1. The Bertz CT molecular complexity index is 439. The van der Waals surface area contributed by atoms with Crippen LogP contribution < -0.4 is 0 Å². The molecule has 1 aromatic heterocycles. The summed E-state index contributed by atoms with van der Waals surface area (Å²) in [6.45, 7) is 0.0399. The maximum absolute atomic E-state index is 13.1. The fraction of sp³-hybridized carbons (Fsp3) is 0.444. The summed E-state index contributed by atoms with van der Waals surface area (Å²) in [7, 11) is 0. The molecule has 1 rings (SSSR count). The minimum atomic E-state index is -1.30. The van der Waals surface area contributed by atoms with Crippen molar-refractivity contribution in [2.45, 2.75) is 18.6 Å². The van der Waals surface area contributed by atoms with Crippen LogP contribution in [0.2, 0.25) is 5.15 Å². The standard InChI is InChI=1S/C9H10ClFN4O2/c10-9-6(11)3-5(4-13-9)8(17)7(16)1-2-14-15-12/h3-4,7-8,16-17H,1-2H2. The van der Waals surface area contributed by atoms with Crippen molar-refractivity contribution in [3.63, 3.8) is 0 Å². The molecule has 0 radical (unpaired) electrons. The zero-order valence-electron chi connectivity index (χ0n) is 8.66. The van der Waals surface area contributed by atoms with Crippen LogP contribution in [0.15, 0.2) is 17.4 Å². The van der Waals surface area contributed by atoms with Crippen molar-refractivity contribution >= 4 is 11.6 Å². The minimum absolute atomic E-state index is 0.0399. The molecule has 2 N–H and O–H groups in total. The van der Waals surface area contributed by atoms with Crippen molar-refractivity contribution in [3.8, 4) is 0 Å². The molecule has 1 aromatic rings. The third-order valence-electron chi connectivity index (χ3n) is 2.11. The average Bonchev–Trinajstić information content (AvgIpc) is 2.32. The van der Waals surface area contributed by atoms with E-state index in [4.69, 9.17) is 17.1 Å². The van der Waals surface area contributed by atoms with Crippen LogP contribution in [0.1, 0.15) is 18.1 Å². The van der Waals surface area contributed by atoms with Crippen LogP contribution in [0.25, 0.3) is 10.4 Å². The van der Waals surface area contributed by atoms with Crippen LogP contribution in [0.5, 0.6) is 0 Å². The summed E-state index contributed by atoms with van der Waals surface area (Å²) in [5.41, 5.74) is 8.15. The third-order valence-corrected chi connectivity index (χ3v) is 2.39. The van der Waals surface area contributed by atoms with Gasteiger partial charge in [0.15, 0.2) is 11.0 Å². The van der Waals surface area contributed by atoms with Crippen molar-refractivity contribution in [2.75, 3.05) is 6.54 Å². The first-order valence-corrected chi connectivity index (χ1v) is 5.12. The van der Waals surface area contributed by atoms with E-state index in [2.05, 4.69) is 15.0 Å². The van der Waals surface area contributed by atoms with Gasteiger partial charge in [0.05, 0.1) is 6.10 Å². The summed E-state index contributed by atoms with van der Waals surface area (Å²) >= 11 is 5.38. The molecule has 1 heterocycles. The van der Waals surface area contributed by atoms with Crippen LogP contribution in [0.4, 0.5) is 4.39 Å². The molecule has 0 aliphatic carbocycles. The van der Waals surface area contributed by atoms with Gasteiger partial charge in [0.25, 0.3) is 0 Å². The van der Waals surface area contributed by atoms with Crippen LogP contribution in [-0.2, 0) is 0 Å². The molecular formula is C9H10ClFN4O2. The fourth-order valence-corrected chi connectivity index (χ4v) is 1.32. The third kappa shape index (κ3) is 3.83. The van der Waals surface area contributed by atoms with Crippen molar-refractivity contribution in [3.05, 3.63) is 39.2 Å². The number of hydrogen-bond acceptors (Lipinski definition) is 4. The highest BCUT2D eigenvalue weighted by molar-refractivity contribution is 6.29. The van der Waals surface area contributed by atoms with Gasteiger partial charge in [0.2, 0.25) is 0 Å². The van der Waals surface area contributed by atoms with Gasteiger partial charge in [-0.15, -0.1) is 0 Å². The lowest BCUT2D eigenvalue weighted by molar-refractivity contribution is 0.0147.